The normalized spacial score (nSPS) is 18.2. The largest absolute Gasteiger partial charge is 0.369 e. The minimum atomic E-state index is -0.317. The lowest BCUT2D eigenvalue weighted by Crippen LogP contribution is -2.40. The Hall–Kier alpha value is -2.89. The molecule has 0 aromatic heterocycles. The van der Waals surface area contributed by atoms with Gasteiger partial charge < -0.3 is 15.5 Å². The molecule has 0 radical (unpaired) electrons. The molecule has 2 aliphatic rings. The molecular weight excluding hydrogens is 441 g/mol. The zero-order valence-corrected chi connectivity index (χ0v) is 20.8. The van der Waals surface area contributed by atoms with Crippen molar-refractivity contribution in [2.45, 2.75) is 64.2 Å². The maximum Gasteiger partial charge on any atom is 0.227 e. The van der Waals surface area contributed by atoms with Crippen LogP contribution in [0.15, 0.2) is 48.5 Å². The van der Waals surface area contributed by atoms with E-state index in [0.717, 1.165) is 31.2 Å². The van der Waals surface area contributed by atoms with E-state index in [0.29, 0.717) is 43.3 Å². The lowest BCUT2D eigenvalue weighted by atomic mass is 9.79. The average Bonchev–Trinajstić information content (AvgIpc) is 2.86. The Bertz CT molecular complexity index is 983. The van der Waals surface area contributed by atoms with Crippen LogP contribution in [0.3, 0.4) is 0 Å². The van der Waals surface area contributed by atoms with E-state index in [1.165, 1.54) is 25.3 Å². The quantitative estimate of drug-likeness (QED) is 0.498. The molecule has 1 heterocycles. The van der Waals surface area contributed by atoms with Crippen LogP contribution in [0.25, 0.3) is 0 Å². The number of amides is 2. The van der Waals surface area contributed by atoms with Gasteiger partial charge in [0, 0.05) is 31.7 Å². The second kappa shape index (κ2) is 12.2. The van der Waals surface area contributed by atoms with Gasteiger partial charge in [0.05, 0.1) is 11.6 Å². The molecule has 1 saturated carbocycles. The number of nitrogens with one attached hydrogen (secondary N) is 2. The van der Waals surface area contributed by atoms with E-state index in [4.69, 9.17) is 0 Å². The van der Waals surface area contributed by atoms with Crippen molar-refractivity contribution in [2.24, 2.45) is 11.8 Å². The van der Waals surface area contributed by atoms with E-state index in [2.05, 4.69) is 15.5 Å². The molecule has 4 rings (SSSR count). The van der Waals surface area contributed by atoms with Gasteiger partial charge in [-0.25, -0.2) is 4.39 Å². The number of hydrogen-bond donors (Lipinski definition) is 2. The number of hydrogen-bond acceptors (Lipinski definition) is 3. The highest BCUT2D eigenvalue weighted by Gasteiger charge is 2.33. The Kier molecular flexibility index (Phi) is 8.78. The van der Waals surface area contributed by atoms with Crippen molar-refractivity contribution in [3.05, 3.63) is 59.9 Å². The van der Waals surface area contributed by atoms with Gasteiger partial charge >= 0.3 is 0 Å². The van der Waals surface area contributed by atoms with Crippen LogP contribution in [0.2, 0.25) is 0 Å². The maximum absolute atomic E-state index is 15.0. The van der Waals surface area contributed by atoms with Gasteiger partial charge in [-0.05, 0) is 68.2 Å². The molecule has 5 nitrogen and oxygen atoms in total. The zero-order chi connectivity index (χ0) is 24.6. The third-order valence-electron chi connectivity index (χ3n) is 7.57. The number of benzene rings is 2. The highest BCUT2D eigenvalue weighted by Crippen LogP contribution is 2.35. The van der Waals surface area contributed by atoms with E-state index in [1.807, 2.05) is 37.3 Å². The molecule has 1 aliphatic heterocycles. The van der Waals surface area contributed by atoms with Crippen LogP contribution in [0.4, 0.5) is 15.8 Å². The minimum absolute atomic E-state index is 0.0258. The van der Waals surface area contributed by atoms with Crippen molar-refractivity contribution in [3.8, 4) is 0 Å². The molecule has 1 unspecified atom stereocenters. The molecule has 1 aliphatic carbocycles. The fraction of sp³-hybridized carbons (Fsp3) is 0.517. The summed E-state index contributed by atoms with van der Waals surface area (Å²) in [5.74, 6) is 0.195. The third kappa shape index (κ3) is 6.62. The van der Waals surface area contributed by atoms with E-state index in [-0.39, 0.29) is 29.5 Å². The van der Waals surface area contributed by atoms with Crippen molar-refractivity contribution < 1.29 is 14.0 Å². The number of likely N-dealkylation sites (N-methyl/N-ethyl adjacent to an activating group) is 1. The van der Waals surface area contributed by atoms with E-state index < -0.39 is 0 Å². The molecule has 0 spiro atoms. The third-order valence-corrected chi connectivity index (χ3v) is 7.57. The van der Waals surface area contributed by atoms with Crippen LogP contribution in [-0.2, 0) is 9.59 Å². The summed E-state index contributed by atoms with van der Waals surface area (Å²) in [7, 11) is 0. The van der Waals surface area contributed by atoms with Crippen LogP contribution in [-0.4, -0.2) is 31.4 Å². The van der Waals surface area contributed by atoms with Gasteiger partial charge in [0.1, 0.15) is 5.82 Å². The Labute approximate surface area is 208 Å². The smallest absolute Gasteiger partial charge is 0.227 e. The summed E-state index contributed by atoms with van der Waals surface area (Å²) in [4.78, 5) is 27.4. The highest BCUT2D eigenvalue weighted by molar-refractivity contribution is 5.91. The first-order valence-electron chi connectivity index (χ1n) is 13.2. The van der Waals surface area contributed by atoms with Crippen molar-refractivity contribution in [3.63, 3.8) is 0 Å². The number of piperidine rings is 1. The Morgan fingerprint density at radius 1 is 1.00 bits per heavy atom. The number of carbonyl (C=O) groups excluding carboxylic acids is 2. The first kappa shape index (κ1) is 25.2. The van der Waals surface area contributed by atoms with Crippen LogP contribution < -0.4 is 15.5 Å². The summed E-state index contributed by atoms with van der Waals surface area (Å²) >= 11 is 0. The molecule has 35 heavy (non-hydrogen) atoms. The lowest BCUT2D eigenvalue weighted by Gasteiger charge is -2.37. The Morgan fingerprint density at radius 3 is 2.37 bits per heavy atom. The number of nitrogens with zero attached hydrogens (tertiary/aromatic N) is 1. The van der Waals surface area contributed by atoms with E-state index >= 15 is 4.39 Å². The monoisotopic (exact) mass is 479 g/mol. The molecule has 188 valence electrons. The van der Waals surface area contributed by atoms with Gasteiger partial charge in [0.15, 0.2) is 0 Å². The van der Waals surface area contributed by atoms with Crippen molar-refractivity contribution in [1.29, 1.82) is 0 Å². The van der Waals surface area contributed by atoms with Crippen molar-refractivity contribution in [1.82, 2.24) is 5.32 Å². The van der Waals surface area contributed by atoms with E-state index in [9.17, 15) is 9.59 Å². The maximum atomic E-state index is 15.0. The summed E-state index contributed by atoms with van der Waals surface area (Å²) in [6, 6.07) is 15.0. The number of carbonyl (C=O) groups is 2. The lowest BCUT2D eigenvalue weighted by molar-refractivity contribution is -0.124. The average molecular weight is 480 g/mol. The van der Waals surface area contributed by atoms with Gasteiger partial charge in [-0.1, -0.05) is 49.6 Å². The first-order chi connectivity index (χ1) is 17.0. The van der Waals surface area contributed by atoms with Crippen LogP contribution in [0.1, 0.15) is 69.8 Å². The minimum Gasteiger partial charge on any atom is -0.369 e. The second-order valence-electron chi connectivity index (χ2n) is 10.0. The molecule has 6 heteroatoms. The van der Waals surface area contributed by atoms with Crippen molar-refractivity contribution in [2.75, 3.05) is 29.9 Å². The van der Waals surface area contributed by atoms with Gasteiger partial charge in [-0.2, -0.15) is 0 Å². The summed E-state index contributed by atoms with van der Waals surface area (Å²) in [5, 5.41) is 5.88. The summed E-state index contributed by atoms with van der Waals surface area (Å²) in [5.41, 5.74) is 2.11. The van der Waals surface area contributed by atoms with Gasteiger partial charge in [0.2, 0.25) is 11.8 Å². The number of anilines is 2. The topological polar surface area (TPSA) is 61.4 Å². The predicted molar refractivity (Wildman–Crippen MR) is 139 cm³/mol. The van der Waals surface area contributed by atoms with Gasteiger partial charge in [0.25, 0.3) is 0 Å². The molecule has 2 aromatic rings. The van der Waals surface area contributed by atoms with Gasteiger partial charge in [-0.3, -0.25) is 9.59 Å². The SMILES string of the molecule is CCNC(=O)C(c1ccccc1)C1CCN(c2ccc(NC(=O)CC3CCCCC3)cc2F)CC1. The summed E-state index contributed by atoms with van der Waals surface area (Å²) in [6.45, 7) is 3.93. The molecule has 2 amide bonds. The fourth-order valence-corrected chi connectivity index (χ4v) is 5.76. The number of halogens is 1. The first-order valence-corrected chi connectivity index (χ1v) is 13.2. The van der Waals surface area contributed by atoms with Gasteiger partial charge in [-0.15, -0.1) is 0 Å². The zero-order valence-electron chi connectivity index (χ0n) is 20.8. The molecule has 1 atom stereocenters. The fourth-order valence-electron chi connectivity index (χ4n) is 5.76. The van der Waals surface area contributed by atoms with Crippen LogP contribution in [0, 0.1) is 17.7 Å². The van der Waals surface area contributed by atoms with Crippen LogP contribution in [0.5, 0.6) is 0 Å². The summed E-state index contributed by atoms with van der Waals surface area (Å²) in [6.07, 6.45) is 8.04. The molecule has 2 fully saturated rings. The molecular formula is C29H38FN3O2. The Morgan fingerprint density at radius 2 is 1.71 bits per heavy atom. The standard InChI is InChI=1S/C29H38FN3O2/c1-2-31-29(35)28(22-11-7-4-8-12-22)23-15-17-33(18-16-23)26-14-13-24(20-25(26)30)32-27(34)19-21-9-5-3-6-10-21/h4,7-8,11-14,20-21,23,28H,2-3,5-6,9-10,15-19H2,1H3,(H,31,35)(H,32,34). The van der Waals surface area contributed by atoms with E-state index in [1.54, 1.807) is 12.1 Å². The molecule has 2 aromatic carbocycles. The summed E-state index contributed by atoms with van der Waals surface area (Å²) < 4.78 is 15.0. The predicted octanol–water partition coefficient (Wildman–Crippen LogP) is 5.87. The molecule has 0 bridgehead atoms. The Balaban J connectivity index is 1.36. The number of rotatable bonds is 8. The molecule has 1 saturated heterocycles. The highest BCUT2D eigenvalue weighted by atomic mass is 19.1. The van der Waals surface area contributed by atoms with Crippen LogP contribution >= 0.6 is 0 Å². The molecule has 2 N–H and O–H groups in total. The van der Waals surface area contributed by atoms with Crippen molar-refractivity contribution >= 4 is 23.2 Å². The second-order valence-corrected chi connectivity index (χ2v) is 10.0.